The summed E-state index contributed by atoms with van der Waals surface area (Å²) in [6.07, 6.45) is 2.25. The molecule has 1 aliphatic rings. The Bertz CT molecular complexity index is 847. The van der Waals surface area contributed by atoms with Crippen LogP contribution in [0.15, 0.2) is 42.6 Å². The number of aromatic nitrogens is 1. The molecule has 0 aliphatic carbocycles. The van der Waals surface area contributed by atoms with E-state index in [1.54, 1.807) is 24.1 Å². The molecule has 0 radical (unpaired) electrons. The van der Waals surface area contributed by atoms with Crippen LogP contribution in [0, 0.1) is 6.92 Å². The van der Waals surface area contributed by atoms with Gasteiger partial charge in [-0.05, 0) is 43.2 Å². The predicted molar refractivity (Wildman–Crippen MR) is 112 cm³/mol. The number of anilines is 1. The van der Waals surface area contributed by atoms with E-state index >= 15 is 0 Å². The molecule has 7 heteroatoms. The lowest BCUT2D eigenvalue weighted by Crippen LogP contribution is -2.49. The Kier molecular flexibility index (Phi) is 7.19. The van der Waals surface area contributed by atoms with Gasteiger partial charge in [0.15, 0.2) is 0 Å². The molecule has 0 unspecified atom stereocenters. The second kappa shape index (κ2) is 10.0. The van der Waals surface area contributed by atoms with Gasteiger partial charge in [-0.2, -0.15) is 0 Å². The highest BCUT2D eigenvalue weighted by molar-refractivity contribution is 5.98. The maximum absolute atomic E-state index is 12.9. The van der Waals surface area contributed by atoms with Gasteiger partial charge in [-0.15, -0.1) is 0 Å². The van der Waals surface area contributed by atoms with E-state index in [0.29, 0.717) is 37.5 Å². The summed E-state index contributed by atoms with van der Waals surface area (Å²) < 4.78 is 4.97. The topological polar surface area (TPSA) is 74.8 Å². The highest BCUT2D eigenvalue weighted by Gasteiger charge is 2.23. The van der Waals surface area contributed by atoms with Crippen LogP contribution in [0.3, 0.4) is 0 Å². The maximum Gasteiger partial charge on any atom is 0.272 e. The van der Waals surface area contributed by atoms with Crippen molar-refractivity contribution in [3.63, 3.8) is 0 Å². The van der Waals surface area contributed by atoms with E-state index in [4.69, 9.17) is 4.74 Å². The number of ether oxygens (including phenoxy) is 1. The SMILES string of the molecule is COCCCNC(=O)c1ccnc(C(=O)N2CCN(c3cccc(C)c3)CC2)c1. The summed E-state index contributed by atoms with van der Waals surface area (Å²) in [6, 6.07) is 11.6. The molecule has 0 bridgehead atoms. The number of piperazine rings is 1. The minimum atomic E-state index is -0.207. The molecule has 0 spiro atoms. The molecule has 154 valence electrons. The third-order valence-corrected chi connectivity index (χ3v) is 4.99. The van der Waals surface area contributed by atoms with Crippen molar-refractivity contribution in [2.24, 2.45) is 0 Å². The third kappa shape index (κ3) is 5.54. The normalized spacial score (nSPS) is 14.0. The van der Waals surface area contributed by atoms with Crippen molar-refractivity contribution in [3.05, 3.63) is 59.4 Å². The number of nitrogens with zero attached hydrogens (tertiary/aromatic N) is 3. The zero-order chi connectivity index (χ0) is 20.6. The molecule has 1 fully saturated rings. The molecule has 1 aliphatic heterocycles. The minimum absolute atomic E-state index is 0.136. The molecule has 3 rings (SSSR count). The standard InChI is InChI=1S/C22H28N4O3/c1-17-5-3-6-19(15-17)25-10-12-26(13-11-25)22(28)20-16-18(7-9-23-20)21(27)24-8-4-14-29-2/h3,5-7,9,15-16H,4,8,10-14H2,1-2H3,(H,24,27). The predicted octanol–water partition coefficient (Wildman–Crippen LogP) is 2.12. The van der Waals surface area contributed by atoms with E-state index in [-0.39, 0.29) is 11.8 Å². The number of benzene rings is 1. The number of carbonyl (C=O) groups excluding carboxylic acids is 2. The number of pyridine rings is 1. The Hall–Kier alpha value is -2.93. The van der Waals surface area contributed by atoms with Gasteiger partial charge in [-0.1, -0.05) is 12.1 Å². The van der Waals surface area contributed by atoms with Gasteiger partial charge < -0.3 is 19.9 Å². The number of aryl methyl sites for hydroxylation is 1. The Balaban J connectivity index is 1.57. The summed E-state index contributed by atoms with van der Waals surface area (Å²) in [6.45, 7) is 6.00. The fraction of sp³-hybridized carbons (Fsp3) is 0.409. The van der Waals surface area contributed by atoms with Gasteiger partial charge in [-0.25, -0.2) is 0 Å². The molecule has 2 amide bonds. The first-order chi connectivity index (χ1) is 14.1. The molecule has 0 saturated carbocycles. The summed E-state index contributed by atoms with van der Waals surface area (Å²) in [5, 5.41) is 2.83. The van der Waals surface area contributed by atoms with Crippen LogP contribution in [0.1, 0.15) is 32.8 Å². The van der Waals surface area contributed by atoms with Crippen molar-refractivity contribution in [1.82, 2.24) is 15.2 Å². The van der Waals surface area contributed by atoms with Crippen molar-refractivity contribution >= 4 is 17.5 Å². The van der Waals surface area contributed by atoms with Crippen LogP contribution < -0.4 is 10.2 Å². The number of carbonyl (C=O) groups is 2. The van der Waals surface area contributed by atoms with E-state index in [1.165, 1.54) is 17.4 Å². The highest BCUT2D eigenvalue weighted by atomic mass is 16.5. The largest absolute Gasteiger partial charge is 0.385 e. The zero-order valence-electron chi connectivity index (χ0n) is 17.1. The number of rotatable bonds is 7. The van der Waals surface area contributed by atoms with Gasteiger partial charge >= 0.3 is 0 Å². The van der Waals surface area contributed by atoms with Crippen LogP contribution in [0.2, 0.25) is 0 Å². The summed E-state index contributed by atoms with van der Waals surface area (Å²) in [5.74, 6) is -0.343. The Morgan fingerprint density at radius 3 is 2.66 bits per heavy atom. The second-order valence-corrected chi connectivity index (χ2v) is 7.15. The average Bonchev–Trinajstić information content (AvgIpc) is 2.76. The molecule has 29 heavy (non-hydrogen) atoms. The van der Waals surface area contributed by atoms with Gasteiger partial charge in [0.2, 0.25) is 0 Å². The van der Waals surface area contributed by atoms with Gasteiger partial charge in [0.05, 0.1) is 0 Å². The smallest absolute Gasteiger partial charge is 0.272 e. The van der Waals surface area contributed by atoms with Crippen LogP contribution in [0.5, 0.6) is 0 Å². The second-order valence-electron chi connectivity index (χ2n) is 7.15. The lowest BCUT2D eigenvalue weighted by Gasteiger charge is -2.36. The molecule has 7 nitrogen and oxygen atoms in total. The van der Waals surface area contributed by atoms with Gasteiger partial charge in [-0.3, -0.25) is 14.6 Å². The van der Waals surface area contributed by atoms with Gasteiger partial charge in [0, 0.05) is 63.9 Å². The van der Waals surface area contributed by atoms with Crippen molar-refractivity contribution < 1.29 is 14.3 Å². The Labute approximate surface area is 171 Å². The lowest BCUT2D eigenvalue weighted by atomic mass is 10.1. The number of hydrogen-bond donors (Lipinski definition) is 1. The molecular weight excluding hydrogens is 368 g/mol. The molecule has 1 saturated heterocycles. The lowest BCUT2D eigenvalue weighted by molar-refractivity contribution is 0.0741. The van der Waals surface area contributed by atoms with Crippen LogP contribution >= 0.6 is 0 Å². The molecular formula is C22H28N4O3. The molecule has 0 atom stereocenters. The van der Waals surface area contributed by atoms with Crippen molar-refractivity contribution in [2.45, 2.75) is 13.3 Å². The van der Waals surface area contributed by atoms with Crippen LogP contribution in [-0.2, 0) is 4.74 Å². The summed E-state index contributed by atoms with van der Waals surface area (Å²) in [4.78, 5) is 33.4. The maximum atomic E-state index is 12.9. The van der Waals surface area contributed by atoms with E-state index in [0.717, 1.165) is 19.5 Å². The average molecular weight is 396 g/mol. The molecule has 2 heterocycles. The first-order valence-corrected chi connectivity index (χ1v) is 9.92. The Morgan fingerprint density at radius 1 is 1.14 bits per heavy atom. The number of amides is 2. The van der Waals surface area contributed by atoms with Crippen LogP contribution in [-0.4, -0.2) is 68.1 Å². The Morgan fingerprint density at radius 2 is 1.93 bits per heavy atom. The van der Waals surface area contributed by atoms with Crippen LogP contribution in [0.4, 0.5) is 5.69 Å². The van der Waals surface area contributed by atoms with E-state index in [1.807, 2.05) is 0 Å². The minimum Gasteiger partial charge on any atom is -0.385 e. The van der Waals surface area contributed by atoms with E-state index in [2.05, 4.69) is 46.4 Å². The number of hydrogen-bond acceptors (Lipinski definition) is 5. The van der Waals surface area contributed by atoms with Crippen molar-refractivity contribution in [1.29, 1.82) is 0 Å². The van der Waals surface area contributed by atoms with Crippen LogP contribution in [0.25, 0.3) is 0 Å². The molecule has 1 N–H and O–H groups in total. The van der Waals surface area contributed by atoms with Gasteiger partial charge in [0.25, 0.3) is 11.8 Å². The molecule has 1 aromatic carbocycles. The zero-order valence-corrected chi connectivity index (χ0v) is 17.1. The third-order valence-electron chi connectivity index (χ3n) is 4.99. The fourth-order valence-corrected chi connectivity index (χ4v) is 3.36. The number of methoxy groups -OCH3 is 1. The van der Waals surface area contributed by atoms with Crippen molar-refractivity contribution in [3.8, 4) is 0 Å². The first kappa shape index (κ1) is 20.8. The molecule has 1 aromatic heterocycles. The van der Waals surface area contributed by atoms with Gasteiger partial charge in [0.1, 0.15) is 5.69 Å². The highest BCUT2D eigenvalue weighted by Crippen LogP contribution is 2.18. The van der Waals surface area contributed by atoms with E-state index < -0.39 is 0 Å². The van der Waals surface area contributed by atoms with E-state index in [9.17, 15) is 9.59 Å². The summed E-state index contributed by atoms with van der Waals surface area (Å²) in [7, 11) is 1.63. The first-order valence-electron chi connectivity index (χ1n) is 9.92. The van der Waals surface area contributed by atoms with Crippen molar-refractivity contribution in [2.75, 3.05) is 51.3 Å². The molecule has 2 aromatic rings. The fourth-order valence-electron chi connectivity index (χ4n) is 3.36. The summed E-state index contributed by atoms with van der Waals surface area (Å²) in [5.41, 5.74) is 3.16. The monoisotopic (exact) mass is 396 g/mol. The number of nitrogens with one attached hydrogen (secondary N) is 1. The summed E-state index contributed by atoms with van der Waals surface area (Å²) >= 11 is 0. The quantitative estimate of drug-likeness (QED) is 0.726.